The van der Waals surface area contributed by atoms with Crippen LogP contribution in [-0.2, 0) is 16.1 Å². The minimum absolute atomic E-state index is 0.00291. The van der Waals surface area contributed by atoms with Crippen molar-refractivity contribution >= 4 is 28.4 Å². The molecule has 4 rings (SSSR count). The molecule has 2 aliphatic carbocycles. The van der Waals surface area contributed by atoms with Gasteiger partial charge in [-0.15, -0.1) is 5.10 Å². The number of fused-ring (bicyclic) bond motifs is 1. The Hall–Kier alpha value is -1.50. The third-order valence-electron chi connectivity index (χ3n) is 10.4. The van der Waals surface area contributed by atoms with Crippen LogP contribution in [-0.4, -0.2) is 44.7 Å². The second kappa shape index (κ2) is 13.0. The van der Waals surface area contributed by atoms with Crippen LogP contribution in [0.2, 0.25) is 5.02 Å². The predicted molar refractivity (Wildman–Crippen MR) is 158 cm³/mol. The highest BCUT2D eigenvalue weighted by Crippen LogP contribution is 2.57. The number of aliphatic hydroxyl groups is 1. The van der Waals surface area contributed by atoms with E-state index in [1.807, 2.05) is 26.0 Å². The molecule has 2 fully saturated rings. The van der Waals surface area contributed by atoms with Crippen LogP contribution >= 0.6 is 11.6 Å². The van der Waals surface area contributed by atoms with Gasteiger partial charge in [-0.25, -0.2) is 4.68 Å². The van der Waals surface area contributed by atoms with E-state index >= 15 is 0 Å². The third kappa shape index (κ3) is 7.05. The Morgan fingerprint density at radius 3 is 2.74 bits per heavy atom. The Morgan fingerprint density at radius 2 is 2.03 bits per heavy atom. The minimum Gasteiger partial charge on any atom is -0.390 e. The number of carbonyl (C=O) groups excluding carboxylic acids is 1. The molecule has 7 atom stereocenters. The predicted octanol–water partition coefficient (Wildman–Crippen LogP) is 7.50. The summed E-state index contributed by atoms with van der Waals surface area (Å²) in [5, 5.41) is 20.2. The van der Waals surface area contributed by atoms with Crippen LogP contribution in [0.5, 0.6) is 0 Å². The molecule has 0 radical (unpaired) electrons. The molecule has 2 aliphatic rings. The van der Waals surface area contributed by atoms with Crippen LogP contribution in [0.3, 0.4) is 0 Å². The van der Waals surface area contributed by atoms with Crippen LogP contribution < -0.4 is 0 Å². The summed E-state index contributed by atoms with van der Waals surface area (Å²) < 4.78 is 7.18. The lowest BCUT2D eigenvalue weighted by Gasteiger charge is -2.46. The van der Waals surface area contributed by atoms with Crippen molar-refractivity contribution in [3.63, 3.8) is 0 Å². The smallest absolute Gasteiger partial charge is 0.157 e. The number of hydrogen-bond acceptors (Lipinski definition) is 5. The van der Waals surface area contributed by atoms with E-state index in [0.717, 1.165) is 69.2 Å². The molecule has 2 saturated carbocycles. The highest BCUT2D eigenvalue weighted by Gasteiger charge is 2.52. The average Bonchev–Trinajstić information content (AvgIpc) is 3.44. The van der Waals surface area contributed by atoms with Crippen molar-refractivity contribution in [3.05, 3.63) is 23.2 Å². The van der Waals surface area contributed by atoms with Crippen LogP contribution in [0.15, 0.2) is 18.2 Å². The molecule has 0 unspecified atom stereocenters. The number of nitrogens with zero attached hydrogens (tertiary/aromatic N) is 3. The van der Waals surface area contributed by atoms with Crippen molar-refractivity contribution in [2.75, 3.05) is 13.2 Å². The maximum atomic E-state index is 13.7. The normalized spacial score (nSPS) is 31.0. The van der Waals surface area contributed by atoms with E-state index in [1.165, 1.54) is 19.3 Å². The molecule has 39 heavy (non-hydrogen) atoms. The van der Waals surface area contributed by atoms with Gasteiger partial charge in [0.2, 0.25) is 0 Å². The van der Waals surface area contributed by atoms with Crippen LogP contribution in [0.25, 0.3) is 11.0 Å². The Bertz CT molecular complexity index is 1100. The number of aromatic nitrogens is 3. The zero-order valence-electron chi connectivity index (χ0n) is 24.8. The number of benzene rings is 1. The van der Waals surface area contributed by atoms with Gasteiger partial charge in [-0.3, -0.25) is 4.79 Å². The molecule has 218 valence electrons. The molecule has 1 aromatic carbocycles. The highest BCUT2D eigenvalue weighted by atomic mass is 35.5. The van der Waals surface area contributed by atoms with Crippen molar-refractivity contribution in [1.29, 1.82) is 0 Å². The van der Waals surface area contributed by atoms with Gasteiger partial charge in [-0.1, -0.05) is 44.0 Å². The zero-order chi connectivity index (χ0) is 28.2. The fourth-order valence-corrected chi connectivity index (χ4v) is 8.38. The molecule has 1 N–H and O–H groups in total. The highest BCUT2D eigenvalue weighted by molar-refractivity contribution is 6.31. The monoisotopic (exact) mass is 559 g/mol. The fraction of sp³-hybridized carbons (Fsp3) is 0.781. The van der Waals surface area contributed by atoms with Gasteiger partial charge in [0, 0.05) is 24.2 Å². The van der Waals surface area contributed by atoms with Crippen LogP contribution in [0.1, 0.15) is 98.8 Å². The Balaban J connectivity index is 1.35. The van der Waals surface area contributed by atoms with Gasteiger partial charge in [-0.05, 0) is 119 Å². The lowest BCUT2D eigenvalue weighted by Crippen LogP contribution is -2.41. The molecule has 0 saturated heterocycles. The van der Waals surface area contributed by atoms with E-state index in [9.17, 15) is 9.90 Å². The quantitative estimate of drug-likeness (QED) is 0.257. The number of halogens is 1. The number of hydrogen-bond donors (Lipinski definition) is 1. The molecular formula is C32H50ClN3O3. The molecule has 2 aromatic rings. The van der Waals surface area contributed by atoms with Crippen molar-refractivity contribution in [1.82, 2.24) is 15.0 Å². The molecule has 7 heteroatoms. The summed E-state index contributed by atoms with van der Waals surface area (Å²) in [6.07, 6.45) is 10.5. The first kappa shape index (κ1) is 30.5. The summed E-state index contributed by atoms with van der Waals surface area (Å²) in [5.41, 5.74) is 0.996. The van der Waals surface area contributed by atoms with E-state index in [-0.39, 0.29) is 23.7 Å². The summed E-state index contributed by atoms with van der Waals surface area (Å²) in [5.74, 6) is 2.73. The zero-order valence-corrected chi connectivity index (χ0v) is 25.6. The van der Waals surface area contributed by atoms with Crippen molar-refractivity contribution in [3.8, 4) is 0 Å². The van der Waals surface area contributed by atoms with Gasteiger partial charge in [-0.2, -0.15) is 0 Å². The van der Waals surface area contributed by atoms with Gasteiger partial charge >= 0.3 is 0 Å². The number of unbranched alkanes of at least 4 members (excludes halogenated alkanes) is 1. The van der Waals surface area contributed by atoms with Crippen molar-refractivity contribution in [2.24, 2.45) is 35.0 Å². The SMILES string of the molecule is CCOCCCC[C@@](C)(O)C[C@@H]1CC[C@@H]([C@@H]2CC[C@H](C(=O)Cn3nnc4ccc(Cl)cc43)[C@@]2(C)CC)[C@H](C)C1. The molecule has 1 aromatic heterocycles. The second-order valence-electron chi connectivity index (χ2n) is 13.1. The van der Waals surface area contributed by atoms with E-state index in [0.29, 0.717) is 28.7 Å². The maximum absolute atomic E-state index is 13.7. The minimum atomic E-state index is -0.595. The topological polar surface area (TPSA) is 77.2 Å². The van der Waals surface area contributed by atoms with Gasteiger partial charge in [0.05, 0.1) is 11.1 Å². The standard InChI is InChI=1S/C32H50ClN3O3/c1-6-32(5)26(13-14-27(32)30(37)21-36-29-19-24(33)11-15-28(29)34-35-36)25-12-10-23(18-22(25)3)20-31(4,38)16-8-9-17-39-7-2/h11,15,19,22-23,25-27,38H,6-10,12-14,16-18,20-21H2,1-5H3/t22-,23-,25-,26+,27-,31-,32+/m1/s1. The Labute approximate surface area is 240 Å². The first-order chi connectivity index (χ1) is 18.6. The summed E-state index contributed by atoms with van der Waals surface area (Å²) >= 11 is 6.21. The molecular weight excluding hydrogens is 510 g/mol. The van der Waals surface area contributed by atoms with Crippen molar-refractivity contribution in [2.45, 2.75) is 111 Å². The molecule has 6 nitrogen and oxygen atoms in total. The summed E-state index contributed by atoms with van der Waals surface area (Å²) in [6.45, 7) is 12.9. The molecule has 0 aliphatic heterocycles. The van der Waals surface area contributed by atoms with Crippen molar-refractivity contribution < 1.29 is 14.6 Å². The summed E-state index contributed by atoms with van der Waals surface area (Å²) in [7, 11) is 0. The van der Waals surface area contributed by atoms with E-state index in [2.05, 4.69) is 31.1 Å². The van der Waals surface area contributed by atoms with Gasteiger partial charge < -0.3 is 9.84 Å². The van der Waals surface area contributed by atoms with Gasteiger partial charge in [0.15, 0.2) is 5.78 Å². The number of rotatable bonds is 13. The largest absolute Gasteiger partial charge is 0.390 e. The number of carbonyl (C=O) groups is 1. The Kier molecular flexibility index (Phi) is 10.1. The first-order valence-electron chi connectivity index (χ1n) is 15.4. The molecule has 1 heterocycles. The molecule has 0 bridgehead atoms. The fourth-order valence-electron chi connectivity index (χ4n) is 8.21. The third-order valence-corrected chi connectivity index (χ3v) is 10.6. The van der Waals surface area contributed by atoms with Gasteiger partial charge in [0.25, 0.3) is 0 Å². The molecule has 0 spiro atoms. The number of ether oxygens (including phenoxy) is 1. The van der Waals surface area contributed by atoms with Crippen LogP contribution in [0, 0.1) is 35.0 Å². The molecule has 0 amide bonds. The van der Waals surface area contributed by atoms with Crippen LogP contribution in [0.4, 0.5) is 0 Å². The van der Waals surface area contributed by atoms with Gasteiger partial charge in [0.1, 0.15) is 12.1 Å². The average molecular weight is 560 g/mol. The van der Waals surface area contributed by atoms with E-state index in [4.69, 9.17) is 16.3 Å². The maximum Gasteiger partial charge on any atom is 0.157 e. The Morgan fingerprint density at radius 1 is 1.23 bits per heavy atom. The number of Topliss-reactive ketones (excluding diaryl/α,β-unsaturated/α-hetero) is 1. The lowest BCUT2D eigenvalue weighted by atomic mass is 9.59. The van der Waals surface area contributed by atoms with E-state index < -0.39 is 5.60 Å². The summed E-state index contributed by atoms with van der Waals surface area (Å²) in [4.78, 5) is 13.7. The summed E-state index contributed by atoms with van der Waals surface area (Å²) in [6, 6.07) is 5.51. The first-order valence-corrected chi connectivity index (χ1v) is 15.8. The van der Waals surface area contributed by atoms with E-state index in [1.54, 1.807) is 10.7 Å². The lowest BCUT2D eigenvalue weighted by molar-refractivity contribution is -0.128. The second-order valence-corrected chi connectivity index (χ2v) is 13.6. The number of ketones is 1.